The molecule has 1 aliphatic heterocycles. The Balaban J connectivity index is 1.42. The van der Waals surface area contributed by atoms with E-state index in [1.165, 1.54) is 25.5 Å². The molecule has 1 saturated heterocycles. The summed E-state index contributed by atoms with van der Waals surface area (Å²) in [6, 6.07) is 0. The van der Waals surface area contributed by atoms with Crippen LogP contribution >= 0.6 is 0 Å². The topological polar surface area (TPSA) is 98.4 Å². The van der Waals surface area contributed by atoms with E-state index < -0.39 is 5.91 Å². The average molecular weight is 415 g/mol. The first-order valence-electron chi connectivity index (χ1n) is 11.1. The molecule has 2 aliphatic rings. The van der Waals surface area contributed by atoms with Crippen LogP contribution in [0.25, 0.3) is 0 Å². The number of rotatable bonds is 7. The number of primary amides is 1. The van der Waals surface area contributed by atoms with Crippen molar-refractivity contribution >= 4 is 17.7 Å². The standard InChI is InChI=1S/C23H34N4O3/c1-15(2)12-17-4-6-18(7-5-17)16(3)23(29)30-19-8-10-27(11-9-19)21-14-25-20(13-26-21)22(24)28/h13-15,17-19H,3-12H2,1-2H3,(H2,24,28). The summed E-state index contributed by atoms with van der Waals surface area (Å²) < 4.78 is 5.77. The van der Waals surface area contributed by atoms with E-state index in [0.29, 0.717) is 11.4 Å². The molecule has 3 rings (SSSR count). The van der Waals surface area contributed by atoms with Gasteiger partial charge >= 0.3 is 5.97 Å². The van der Waals surface area contributed by atoms with E-state index in [1.807, 2.05) is 0 Å². The van der Waals surface area contributed by atoms with Crippen molar-refractivity contribution < 1.29 is 14.3 Å². The van der Waals surface area contributed by atoms with Crippen molar-refractivity contribution in [3.8, 4) is 0 Å². The fourth-order valence-electron chi connectivity index (χ4n) is 4.62. The first-order valence-corrected chi connectivity index (χ1v) is 11.1. The number of esters is 1. The van der Waals surface area contributed by atoms with Crippen LogP contribution < -0.4 is 10.6 Å². The van der Waals surface area contributed by atoms with Crippen LogP contribution in [-0.2, 0) is 9.53 Å². The number of nitrogens with zero attached hydrogens (tertiary/aromatic N) is 3. The summed E-state index contributed by atoms with van der Waals surface area (Å²) in [5.74, 6) is 1.67. The zero-order valence-corrected chi connectivity index (χ0v) is 18.2. The van der Waals surface area contributed by atoms with Gasteiger partial charge in [-0.25, -0.2) is 14.8 Å². The summed E-state index contributed by atoms with van der Waals surface area (Å²) in [5.41, 5.74) is 6.00. The average Bonchev–Trinajstić information content (AvgIpc) is 2.74. The van der Waals surface area contributed by atoms with Crippen molar-refractivity contribution in [2.24, 2.45) is 23.5 Å². The first-order chi connectivity index (χ1) is 14.3. The number of hydrogen-bond donors (Lipinski definition) is 1. The molecule has 30 heavy (non-hydrogen) atoms. The smallest absolute Gasteiger partial charge is 0.333 e. The SMILES string of the molecule is C=C(C(=O)OC1CCN(c2cnc(C(N)=O)cn2)CC1)C1CCC(CC(C)C)CC1. The molecular formula is C23H34N4O3. The molecule has 7 heteroatoms. The Morgan fingerprint density at radius 2 is 1.80 bits per heavy atom. The molecule has 1 amide bonds. The van der Waals surface area contributed by atoms with Crippen LogP contribution in [0, 0.1) is 17.8 Å². The lowest BCUT2D eigenvalue weighted by Gasteiger charge is -2.33. The number of carbonyl (C=O) groups excluding carboxylic acids is 2. The number of ether oxygens (including phenoxy) is 1. The molecule has 0 unspecified atom stereocenters. The number of hydrogen-bond acceptors (Lipinski definition) is 6. The second kappa shape index (κ2) is 10.0. The monoisotopic (exact) mass is 414 g/mol. The molecule has 1 aromatic rings. The first kappa shape index (κ1) is 22.2. The second-order valence-corrected chi connectivity index (χ2v) is 9.09. The van der Waals surface area contributed by atoms with Gasteiger partial charge in [-0.1, -0.05) is 20.4 Å². The number of aromatic nitrogens is 2. The third-order valence-corrected chi connectivity index (χ3v) is 6.34. The molecule has 2 N–H and O–H groups in total. The molecule has 2 fully saturated rings. The number of nitrogens with two attached hydrogens (primary N) is 1. The predicted molar refractivity (Wildman–Crippen MR) is 116 cm³/mol. The van der Waals surface area contributed by atoms with E-state index in [1.54, 1.807) is 6.20 Å². The molecule has 0 atom stereocenters. The van der Waals surface area contributed by atoms with Gasteiger partial charge in [0.1, 0.15) is 17.6 Å². The van der Waals surface area contributed by atoms with Crippen molar-refractivity contribution in [3.05, 3.63) is 30.2 Å². The van der Waals surface area contributed by atoms with Gasteiger partial charge in [-0.15, -0.1) is 0 Å². The number of amides is 1. The van der Waals surface area contributed by atoms with E-state index in [4.69, 9.17) is 10.5 Å². The Morgan fingerprint density at radius 1 is 1.13 bits per heavy atom. The Bertz CT molecular complexity index is 746. The third kappa shape index (κ3) is 5.80. The van der Waals surface area contributed by atoms with E-state index >= 15 is 0 Å². The van der Waals surface area contributed by atoms with Crippen molar-refractivity contribution in [2.75, 3.05) is 18.0 Å². The summed E-state index contributed by atoms with van der Waals surface area (Å²) in [6.07, 6.45) is 10.1. The van der Waals surface area contributed by atoms with Gasteiger partial charge in [0, 0.05) is 31.5 Å². The molecule has 1 aromatic heterocycles. The van der Waals surface area contributed by atoms with Crippen LogP contribution in [0.1, 0.15) is 69.3 Å². The van der Waals surface area contributed by atoms with Gasteiger partial charge in [0.15, 0.2) is 0 Å². The fourth-order valence-corrected chi connectivity index (χ4v) is 4.62. The summed E-state index contributed by atoms with van der Waals surface area (Å²) in [7, 11) is 0. The summed E-state index contributed by atoms with van der Waals surface area (Å²) >= 11 is 0. The van der Waals surface area contributed by atoms with Crippen LogP contribution in [0.4, 0.5) is 5.82 Å². The molecule has 164 valence electrons. The van der Waals surface area contributed by atoms with Crippen LogP contribution in [0.15, 0.2) is 24.5 Å². The highest BCUT2D eigenvalue weighted by Crippen LogP contribution is 2.36. The highest BCUT2D eigenvalue weighted by molar-refractivity contribution is 5.90. The van der Waals surface area contributed by atoms with Gasteiger partial charge in [0.2, 0.25) is 0 Å². The highest BCUT2D eigenvalue weighted by atomic mass is 16.5. The summed E-state index contributed by atoms with van der Waals surface area (Å²) in [4.78, 5) is 34.1. The van der Waals surface area contributed by atoms with Gasteiger partial charge in [-0.3, -0.25) is 4.79 Å². The van der Waals surface area contributed by atoms with Crippen molar-refractivity contribution in [2.45, 2.75) is 64.9 Å². The maximum atomic E-state index is 12.6. The quantitative estimate of drug-likeness (QED) is 0.542. The maximum Gasteiger partial charge on any atom is 0.333 e. The van der Waals surface area contributed by atoms with Gasteiger partial charge in [-0.2, -0.15) is 0 Å². The molecule has 1 saturated carbocycles. The van der Waals surface area contributed by atoms with Crippen molar-refractivity contribution in [1.29, 1.82) is 0 Å². The number of anilines is 1. The van der Waals surface area contributed by atoms with E-state index in [9.17, 15) is 9.59 Å². The van der Waals surface area contributed by atoms with Gasteiger partial charge in [-0.05, 0) is 49.9 Å². The predicted octanol–water partition coefficient (Wildman–Crippen LogP) is 3.50. The van der Waals surface area contributed by atoms with Crippen molar-refractivity contribution in [3.63, 3.8) is 0 Å². The largest absolute Gasteiger partial charge is 0.459 e. The normalized spacial score (nSPS) is 22.7. The minimum atomic E-state index is -0.590. The van der Waals surface area contributed by atoms with Crippen LogP contribution in [0.3, 0.4) is 0 Å². The lowest BCUT2D eigenvalue weighted by molar-refractivity contribution is -0.146. The summed E-state index contributed by atoms with van der Waals surface area (Å²) in [5, 5.41) is 0. The lowest BCUT2D eigenvalue weighted by atomic mass is 9.76. The summed E-state index contributed by atoms with van der Waals surface area (Å²) in [6.45, 7) is 10.1. The molecule has 0 radical (unpaired) electrons. The third-order valence-electron chi connectivity index (χ3n) is 6.34. The molecule has 1 aliphatic carbocycles. The molecule has 2 heterocycles. The molecule has 0 bridgehead atoms. The zero-order chi connectivity index (χ0) is 21.7. The Hall–Kier alpha value is -2.44. The fraction of sp³-hybridized carbons (Fsp3) is 0.652. The molecule has 7 nitrogen and oxygen atoms in total. The Labute approximate surface area is 179 Å². The number of carbonyl (C=O) groups is 2. The zero-order valence-electron chi connectivity index (χ0n) is 18.2. The van der Waals surface area contributed by atoms with Gasteiger partial charge in [0.05, 0.1) is 12.4 Å². The Kier molecular flexibility index (Phi) is 7.45. The van der Waals surface area contributed by atoms with E-state index in [0.717, 1.165) is 50.6 Å². The van der Waals surface area contributed by atoms with Gasteiger partial charge in [0.25, 0.3) is 5.91 Å². The van der Waals surface area contributed by atoms with E-state index in [2.05, 4.69) is 35.3 Å². The minimum Gasteiger partial charge on any atom is -0.459 e. The second-order valence-electron chi connectivity index (χ2n) is 9.09. The number of piperidine rings is 1. The molecular weight excluding hydrogens is 380 g/mol. The maximum absolute atomic E-state index is 12.6. The van der Waals surface area contributed by atoms with Gasteiger partial charge < -0.3 is 15.4 Å². The van der Waals surface area contributed by atoms with Crippen LogP contribution in [0.5, 0.6) is 0 Å². The van der Waals surface area contributed by atoms with Crippen LogP contribution in [0.2, 0.25) is 0 Å². The van der Waals surface area contributed by atoms with E-state index in [-0.39, 0.29) is 23.7 Å². The molecule has 0 aromatic carbocycles. The van der Waals surface area contributed by atoms with Crippen molar-refractivity contribution in [1.82, 2.24) is 9.97 Å². The highest BCUT2D eigenvalue weighted by Gasteiger charge is 2.29. The lowest BCUT2D eigenvalue weighted by Crippen LogP contribution is -2.39. The molecule has 0 spiro atoms. The Morgan fingerprint density at radius 3 is 2.33 bits per heavy atom. The minimum absolute atomic E-state index is 0.0966. The van der Waals surface area contributed by atoms with Crippen LogP contribution in [-0.4, -0.2) is 41.0 Å².